The molecule has 0 aliphatic carbocycles. The number of benzene rings is 1. The van der Waals surface area contributed by atoms with Crippen LogP contribution in [0.3, 0.4) is 0 Å². The molecule has 14 heavy (non-hydrogen) atoms. The second-order valence-electron chi connectivity index (χ2n) is 3.20. The van der Waals surface area contributed by atoms with Gasteiger partial charge in [0.1, 0.15) is 5.75 Å². The van der Waals surface area contributed by atoms with E-state index in [4.69, 9.17) is 5.73 Å². The van der Waals surface area contributed by atoms with E-state index in [9.17, 15) is 5.11 Å². The predicted octanol–water partition coefficient (Wildman–Crippen LogP) is 1.67. The van der Waals surface area contributed by atoms with Gasteiger partial charge >= 0.3 is 0 Å². The Kier molecular flexibility index (Phi) is 1.89. The number of phenols is 1. The van der Waals surface area contributed by atoms with Crippen molar-refractivity contribution in [3.63, 3.8) is 0 Å². The summed E-state index contributed by atoms with van der Waals surface area (Å²) in [4.78, 5) is 6.73. The molecule has 2 aromatic rings. The van der Waals surface area contributed by atoms with Gasteiger partial charge in [0.2, 0.25) is 0 Å². The molecule has 0 amide bonds. The Morgan fingerprint density at radius 2 is 2.21 bits per heavy atom. The third-order valence-corrected chi connectivity index (χ3v) is 2.04. The maximum absolute atomic E-state index is 9.67. The summed E-state index contributed by atoms with van der Waals surface area (Å²) in [5.74, 6) is 0.577. The highest BCUT2D eigenvalue weighted by Gasteiger charge is 2.06. The van der Waals surface area contributed by atoms with Gasteiger partial charge in [-0.25, -0.2) is 4.98 Å². The first-order valence-electron chi connectivity index (χ1n) is 4.27. The molecule has 0 unspecified atom stereocenters. The van der Waals surface area contributed by atoms with E-state index in [1.165, 1.54) is 0 Å². The number of phenolic OH excluding ortho intramolecular Hbond substituents is 1. The zero-order valence-corrected chi connectivity index (χ0v) is 7.78. The summed E-state index contributed by atoms with van der Waals surface area (Å²) < 4.78 is 0. The van der Waals surface area contributed by atoms with Crippen LogP contribution in [-0.4, -0.2) is 15.1 Å². The van der Waals surface area contributed by atoms with Crippen LogP contribution in [0.1, 0.15) is 5.56 Å². The highest BCUT2D eigenvalue weighted by Crippen LogP contribution is 2.28. The van der Waals surface area contributed by atoms with Gasteiger partial charge in [0.15, 0.2) is 5.95 Å². The zero-order valence-electron chi connectivity index (χ0n) is 7.78. The van der Waals surface area contributed by atoms with E-state index in [-0.39, 0.29) is 5.75 Å². The number of hydrogen-bond acceptors (Lipinski definition) is 3. The lowest BCUT2D eigenvalue weighted by molar-refractivity contribution is 0.476. The molecule has 1 aromatic carbocycles. The molecule has 0 aliphatic heterocycles. The minimum Gasteiger partial charge on any atom is -0.507 e. The molecule has 2 rings (SSSR count). The summed E-state index contributed by atoms with van der Waals surface area (Å²) in [5, 5.41) is 9.67. The van der Waals surface area contributed by atoms with Crippen LogP contribution in [0.5, 0.6) is 5.75 Å². The van der Waals surface area contributed by atoms with Crippen LogP contribution in [0.15, 0.2) is 24.4 Å². The number of rotatable bonds is 1. The van der Waals surface area contributed by atoms with Gasteiger partial charge in [0.25, 0.3) is 0 Å². The monoisotopic (exact) mass is 189 g/mol. The molecule has 0 radical (unpaired) electrons. The van der Waals surface area contributed by atoms with E-state index < -0.39 is 0 Å². The number of anilines is 1. The first-order valence-corrected chi connectivity index (χ1v) is 4.27. The van der Waals surface area contributed by atoms with Crippen molar-refractivity contribution in [2.45, 2.75) is 6.92 Å². The molecule has 1 aromatic heterocycles. The molecule has 0 aliphatic rings. The summed E-state index contributed by atoms with van der Waals surface area (Å²) in [5.41, 5.74) is 7.89. The third kappa shape index (κ3) is 1.42. The fraction of sp³-hybridized carbons (Fsp3) is 0.100. The smallest absolute Gasteiger partial charge is 0.197 e. The number of aromatic amines is 1. The second kappa shape index (κ2) is 3.06. The second-order valence-corrected chi connectivity index (χ2v) is 3.20. The Hall–Kier alpha value is -1.97. The topological polar surface area (TPSA) is 74.9 Å². The lowest BCUT2D eigenvalue weighted by atomic mass is 10.1. The fourth-order valence-electron chi connectivity index (χ4n) is 1.34. The maximum Gasteiger partial charge on any atom is 0.197 e. The lowest BCUT2D eigenvalue weighted by Crippen LogP contribution is -1.86. The van der Waals surface area contributed by atoms with Gasteiger partial charge in [0, 0.05) is 5.56 Å². The van der Waals surface area contributed by atoms with Gasteiger partial charge < -0.3 is 15.8 Å². The number of nitrogens with one attached hydrogen (secondary N) is 1. The van der Waals surface area contributed by atoms with Crippen molar-refractivity contribution in [3.05, 3.63) is 30.0 Å². The van der Waals surface area contributed by atoms with Gasteiger partial charge in [-0.1, -0.05) is 6.07 Å². The molecule has 0 saturated heterocycles. The minimum absolute atomic E-state index is 0.230. The quantitative estimate of drug-likeness (QED) is 0.638. The van der Waals surface area contributed by atoms with Gasteiger partial charge in [-0.05, 0) is 24.6 Å². The summed E-state index contributed by atoms with van der Waals surface area (Å²) in [6.07, 6.45) is 1.60. The summed E-state index contributed by atoms with van der Waals surface area (Å²) in [6, 6.07) is 5.45. The van der Waals surface area contributed by atoms with Crippen LogP contribution in [0.2, 0.25) is 0 Å². The van der Waals surface area contributed by atoms with Crippen molar-refractivity contribution in [1.29, 1.82) is 0 Å². The van der Waals surface area contributed by atoms with Gasteiger partial charge in [0.05, 0.1) is 11.9 Å². The molecule has 1 heterocycles. The SMILES string of the molecule is Cc1ccc(-c2cnc(N)[nH]2)c(O)c1. The Morgan fingerprint density at radius 3 is 2.79 bits per heavy atom. The van der Waals surface area contributed by atoms with Crippen molar-refractivity contribution in [3.8, 4) is 17.0 Å². The number of hydrogen-bond donors (Lipinski definition) is 3. The molecular formula is C10H11N3O. The number of nitrogen functional groups attached to an aromatic ring is 1. The Labute approximate surface area is 81.4 Å². The lowest BCUT2D eigenvalue weighted by Gasteiger charge is -2.02. The Morgan fingerprint density at radius 1 is 1.43 bits per heavy atom. The first kappa shape index (κ1) is 8.62. The van der Waals surface area contributed by atoms with Crippen LogP contribution in [0, 0.1) is 6.92 Å². The van der Waals surface area contributed by atoms with Crippen LogP contribution < -0.4 is 5.73 Å². The van der Waals surface area contributed by atoms with Crippen molar-refractivity contribution in [2.75, 3.05) is 5.73 Å². The number of aryl methyl sites for hydroxylation is 1. The number of aromatic hydroxyl groups is 1. The predicted molar refractivity (Wildman–Crippen MR) is 54.8 cm³/mol. The molecule has 4 heteroatoms. The first-order chi connectivity index (χ1) is 6.66. The third-order valence-electron chi connectivity index (χ3n) is 2.04. The molecule has 0 fully saturated rings. The number of nitrogens with zero attached hydrogens (tertiary/aromatic N) is 1. The summed E-state index contributed by atoms with van der Waals surface area (Å²) in [6.45, 7) is 1.92. The zero-order chi connectivity index (χ0) is 10.1. The van der Waals surface area contributed by atoms with E-state index in [0.717, 1.165) is 11.3 Å². The van der Waals surface area contributed by atoms with Crippen LogP contribution in [-0.2, 0) is 0 Å². The average molecular weight is 189 g/mol. The van der Waals surface area contributed by atoms with Crippen LogP contribution >= 0.6 is 0 Å². The normalized spacial score (nSPS) is 10.4. The van der Waals surface area contributed by atoms with Crippen molar-refractivity contribution >= 4 is 5.95 Å². The number of imidazole rings is 1. The summed E-state index contributed by atoms with van der Waals surface area (Å²) in [7, 11) is 0. The van der Waals surface area contributed by atoms with Gasteiger partial charge in [-0.3, -0.25) is 0 Å². The highest BCUT2D eigenvalue weighted by molar-refractivity contribution is 5.67. The van der Waals surface area contributed by atoms with Crippen LogP contribution in [0.4, 0.5) is 5.95 Å². The van der Waals surface area contributed by atoms with Crippen molar-refractivity contribution in [1.82, 2.24) is 9.97 Å². The number of H-pyrrole nitrogens is 1. The average Bonchev–Trinajstić information content (AvgIpc) is 2.51. The van der Waals surface area contributed by atoms with E-state index >= 15 is 0 Å². The van der Waals surface area contributed by atoms with E-state index in [0.29, 0.717) is 11.5 Å². The molecule has 0 spiro atoms. The molecule has 4 N–H and O–H groups in total. The van der Waals surface area contributed by atoms with Crippen molar-refractivity contribution < 1.29 is 5.11 Å². The Balaban J connectivity index is 2.52. The maximum atomic E-state index is 9.67. The van der Waals surface area contributed by atoms with E-state index in [2.05, 4.69) is 9.97 Å². The summed E-state index contributed by atoms with van der Waals surface area (Å²) >= 11 is 0. The molecule has 0 saturated carbocycles. The standard InChI is InChI=1S/C10H11N3O/c1-6-2-3-7(9(14)4-6)8-5-12-10(11)13-8/h2-5,14H,1H3,(H3,11,12,13). The van der Waals surface area contributed by atoms with Crippen LogP contribution in [0.25, 0.3) is 11.3 Å². The molecule has 0 bridgehead atoms. The highest BCUT2D eigenvalue weighted by atomic mass is 16.3. The van der Waals surface area contributed by atoms with Gasteiger partial charge in [-0.15, -0.1) is 0 Å². The number of nitrogens with two attached hydrogens (primary N) is 1. The van der Waals surface area contributed by atoms with Gasteiger partial charge in [-0.2, -0.15) is 0 Å². The van der Waals surface area contributed by atoms with E-state index in [1.807, 2.05) is 19.1 Å². The minimum atomic E-state index is 0.230. The number of aromatic nitrogens is 2. The largest absolute Gasteiger partial charge is 0.507 e. The van der Waals surface area contributed by atoms with Crippen molar-refractivity contribution in [2.24, 2.45) is 0 Å². The molecule has 4 nitrogen and oxygen atoms in total. The molecular weight excluding hydrogens is 178 g/mol. The fourth-order valence-corrected chi connectivity index (χ4v) is 1.34. The molecule has 0 atom stereocenters. The Bertz CT molecular complexity index is 462. The van der Waals surface area contributed by atoms with E-state index in [1.54, 1.807) is 12.3 Å². The molecule has 72 valence electrons.